The van der Waals surface area contributed by atoms with Crippen molar-refractivity contribution in [3.63, 3.8) is 0 Å². The van der Waals surface area contributed by atoms with E-state index >= 15 is 0 Å². The first-order valence-corrected chi connectivity index (χ1v) is 6.99. The van der Waals surface area contributed by atoms with Crippen LogP contribution in [0.3, 0.4) is 0 Å². The van der Waals surface area contributed by atoms with E-state index in [1.807, 2.05) is 0 Å². The minimum atomic E-state index is -0.495. The predicted molar refractivity (Wildman–Crippen MR) is 76.1 cm³/mol. The summed E-state index contributed by atoms with van der Waals surface area (Å²) in [6.07, 6.45) is 1.40. The maximum Gasteiger partial charge on any atom is 0.234 e. The van der Waals surface area contributed by atoms with Gasteiger partial charge in [-0.15, -0.1) is 0 Å². The Balaban J connectivity index is 1.95. The van der Waals surface area contributed by atoms with Gasteiger partial charge in [0.2, 0.25) is 5.91 Å². The normalized spacial score (nSPS) is 13.6. The summed E-state index contributed by atoms with van der Waals surface area (Å²) in [5.74, 6) is 0.160. The van der Waals surface area contributed by atoms with Gasteiger partial charge in [-0.05, 0) is 18.2 Å². The van der Waals surface area contributed by atoms with E-state index in [4.69, 9.17) is 11.6 Å². The van der Waals surface area contributed by atoms with E-state index in [1.165, 1.54) is 36.3 Å². The molecular weight excluding hydrogens is 303 g/mol. The maximum atomic E-state index is 13.1. The van der Waals surface area contributed by atoms with Crippen LogP contribution in [0.5, 0.6) is 0 Å². The molecule has 1 aromatic heterocycles. The predicted octanol–water partition coefficient (Wildman–Crippen LogP) is 3.06. The largest absolute Gasteiger partial charge is 0.338 e. The van der Waals surface area contributed by atoms with Gasteiger partial charge in [0.25, 0.3) is 0 Å². The molecule has 0 aliphatic carbocycles. The minimum absolute atomic E-state index is 0.0105. The van der Waals surface area contributed by atoms with Crippen molar-refractivity contribution in [2.24, 2.45) is 0 Å². The molecule has 1 aliphatic heterocycles. The summed E-state index contributed by atoms with van der Waals surface area (Å²) in [6.45, 7) is 0. The number of nitrogens with zero attached hydrogens (tertiary/aromatic N) is 2. The van der Waals surface area contributed by atoms with Gasteiger partial charge in [-0.3, -0.25) is 4.79 Å². The van der Waals surface area contributed by atoms with Gasteiger partial charge in [-0.1, -0.05) is 23.4 Å². The van der Waals surface area contributed by atoms with Crippen LogP contribution < -0.4 is 10.6 Å². The highest BCUT2D eigenvalue weighted by atomic mass is 35.5. The molecule has 1 aliphatic rings. The van der Waals surface area contributed by atoms with Crippen LogP contribution in [-0.2, 0) is 4.79 Å². The topological polar surface area (TPSA) is 66.9 Å². The van der Waals surface area contributed by atoms with Gasteiger partial charge in [0.1, 0.15) is 22.9 Å². The van der Waals surface area contributed by atoms with E-state index in [1.54, 1.807) is 0 Å². The summed E-state index contributed by atoms with van der Waals surface area (Å²) >= 11 is 7.06. The number of fused-ring (bicyclic) bond motifs is 1. The number of halogens is 2. The standard InChI is InChI=1S/C12H8ClFN4OS/c13-7-3-6(1-2-8(7)14)17-11-10-12(16-5-15-11)20-4-9(19)18-10/h1-3,5H,4H2,(H,18,19)(H,15,16,17). The number of aromatic nitrogens is 2. The van der Waals surface area contributed by atoms with Crippen molar-refractivity contribution < 1.29 is 9.18 Å². The molecule has 0 saturated heterocycles. The second-order valence-corrected chi connectivity index (χ2v) is 5.36. The van der Waals surface area contributed by atoms with Crippen molar-refractivity contribution in [2.45, 2.75) is 5.03 Å². The van der Waals surface area contributed by atoms with Gasteiger partial charge in [0.05, 0.1) is 10.8 Å². The first-order chi connectivity index (χ1) is 9.63. The Morgan fingerprint density at radius 2 is 2.25 bits per heavy atom. The third-order valence-corrected chi connectivity index (χ3v) is 3.88. The highest BCUT2D eigenvalue weighted by Gasteiger charge is 2.20. The van der Waals surface area contributed by atoms with Gasteiger partial charge in [0, 0.05) is 5.69 Å². The van der Waals surface area contributed by atoms with Crippen LogP contribution in [0.25, 0.3) is 0 Å². The zero-order chi connectivity index (χ0) is 14.1. The van der Waals surface area contributed by atoms with Gasteiger partial charge in [-0.25, -0.2) is 14.4 Å². The van der Waals surface area contributed by atoms with E-state index in [2.05, 4.69) is 20.6 Å². The number of carbonyl (C=O) groups is 1. The van der Waals surface area contributed by atoms with Crippen LogP contribution in [0.15, 0.2) is 29.6 Å². The molecule has 102 valence electrons. The molecule has 0 unspecified atom stereocenters. The summed E-state index contributed by atoms with van der Waals surface area (Å²) < 4.78 is 13.1. The number of hydrogen-bond donors (Lipinski definition) is 2. The Morgan fingerprint density at radius 3 is 3.05 bits per heavy atom. The maximum absolute atomic E-state index is 13.1. The van der Waals surface area contributed by atoms with Crippen LogP contribution in [-0.4, -0.2) is 21.6 Å². The fourth-order valence-electron chi connectivity index (χ4n) is 1.71. The van der Waals surface area contributed by atoms with Crippen molar-refractivity contribution in [3.05, 3.63) is 35.4 Å². The average molecular weight is 311 g/mol. The van der Waals surface area contributed by atoms with E-state index in [0.717, 1.165) is 0 Å². The quantitative estimate of drug-likeness (QED) is 0.835. The number of nitrogens with one attached hydrogen (secondary N) is 2. The molecule has 5 nitrogen and oxygen atoms in total. The number of hydrogen-bond acceptors (Lipinski definition) is 5. The number of benzene rings is 1. The minimum Gasteiger partial charge on any atom is -0.338 e. The molecule has 0 saturated carbocycles. The molecular formula is C12H8ClFN4OS. The summed E-state index contributed by atoms with van der Waals surface area (Å²) in [4.78, 5) is 19.6. The highest BCUT2D eigenvalue weighted by Crippen LogP contribution is 2.35. The first-order valence-electron chi connectivity index (χ1n) is 5.63. The number of amides is 1. The third-order valence-electron chi connectivity index (χ3n) is 2.60. The lowest BCUT2D eigenvalue weighted by atomic mass is 10.3. The van der Waals surface area contributed by atoms with E-state index in [0.29, 0.717) is 28.0 Å². The number of anilines is 3. The molecule has 2 aromatic rings. The van der Waals surface area contributed by atoms with Crippen LogP contribution in [0, 0.1) is 5.82 Å². The molecule has 20 heavy (non-hydrogen) atoms. The van der Waals surface area contributed by atoms with Gasteiger partial charge in [0.15, 0.2) is 5.82 Å². The highest BCUT2D eigenvalue weighted by molar-refractivity contribution is 8.00. The van der Waals surface area contributed by atoms with Crippen molar-refractivity contribution in [1.82, 2.24) is 9.97 Å². The lowest BCUT2D eigenvalue weighted by molar-refractivity contribution is -0.113. The SMILES string of the molecule is O=C1CSc2ncnc(Nc3ccc(F)c(Cl)c3)c2N1. The molecule has 0 bridgehead atoms. The van der Waals surface area contributed by atoms with Crippen LogP contribution in [0.1, 0.15) is 0 Å². The fraction of sp³-hybridized carbons (Fsp3) is 0.0833. The lowest BCUT2D eigenvalue weighted by Gasteiger charge is -2.18. The van der Waals surface area contributed by atoms with Crippen LogP contribution >= 0.6 is 23.4 Å². The molecule has 0 spiro atoms. The van der Waals surface area contributed by atoms with E-state index in [9.17, 15) is 9.18 Å². The van der Waals surface area contributed by atoms with Crippen LogP contribution in [0.2, 0.25) is 5.02 Å². The molecule has 0 atom stereocenters. The Hall–Kier alpha value is -1.86. The number of rotatable bonds is 2. The molecule has 3 rings (SSSR count). The molecule has 1 amide bonds. The summed E-state index contributed by atoms with van der Waals surface area (Å²) in [7, 11) is 0. The second kappa shape index (κ2) is 5.26. The van der Waals surface area contributed by atoms with Crippen molar-refractivity contribution in [2.75, 3.05) is 16.4 Å². The van der Waals surface area contributed by atoms with Crippen molar-refractivity contribution in [1.29, 1.82) is 0 Å². The van der Waals surface area contributed by atoms with Crippen molar-refractivity contribution >= 4 is 46.5 Å². The fourth-order valence-corrected chi connectivity index (χ4v) is 2.64. The Labute approximate surface area is 123 Å². The third kappa shape index (κ3) is 2.54. The van der Waals surface area contributed by atoms with Crippen LogP contribution in [0.4, 0.5) is 21.6 Å². The Kier molecular flexibility index (Phi) is 3.45. The zero-order valence-electron chi connectivity index (χ0n) is 9.98. The first kappa shape index (κ1) is 13.1. The smallest absolute Gasteiger partial charge is 0.234 e. The Bertz CT molecular complexity index is 697. The molecule has 1 aromatic carbocycles. The van der Waals surface area contributed by atoms with Gasteiger partial charge >= 0.3 is 0 Å². The number of thioether (sulfide) groups is 1. The van der Waals surface area contributed by atoms with Gasteiger partial charge < -0.3 is 10.6 Å². The van der Waals surface area contributed by atoms with Gasteiger partial charge in [-0.2, -0.15) is 0 Å². The average Bonchev–Trinajstić information content (AvgIpc) is 2.44. The molecule has 2 heterocycles. The number of carbonyl (C=O) groups excluding carboxylic acids is 1. The molecule has 0 radical (unpaired) electrons. The summed E-state index contributed by atoms with van der Waals surface area (Å²) in [5.41, 5.74) is 1.09. The lowest BCUT2D eigenvalue weighted by Crippen LogP contribution is -2.20. The zero-order valence-corrected chi connectivity index (χ0v) is 11.6. The molecule has 0 fully saturated rings. The Morgan fingerprint density at radius 1 is 1.40 bits per heavy atom. The van der Waals surface area contributed by atoms with E-state index in [-0.39, 0.29) is 10.9 Å². The van der Waals surface area contributed by atoms with E-state index < -0.39 is 5.82 Å². The second-order valence-electron chi connectivity index (χ2n) is 3.99. The molecule has 8 heteroatoms. The monoisotopic (exact) mass is 310 g/mol. The summed E-state index contributed by atoms with van der Waals surface area (Å²) in [6, 6.07) is 4.24. The molecule has 2 N–H and O–H groups in total. The summed E-state index contributed by atoms with van der Waals surface area (Å²) in [5, 5.41) is 6.41. The van der Waals surface area contributed by atoms with Crippen molar-refractivity contribution in [3.8, 4) is 0 Å².